The van der Waals surface area contributed by atoms with E-state index in [9.17, 15) is 14.4 Å². The molecule has 1 atom stereocenters. The average Bonchev–Trinajstić information content (AvgIpc) is 3.27. The van der Waals surface area contributed by atoms with Gasteiger partial charge in [0.05, 0.1) is 28.8 Å². The van der Waals surface area contributed by atoms with E-state index in [-0.39, 0.29) is 18.9 Å². The van der Waals surface area contributed by atoms with Gasteiger partial charge in [-0.1, -0.05) is 23.2 Å². The lowest BCUT2D eigenvalue weighted by Crippen LogP contribution is -2.28. The van der Waals surface area contributed by atoms with Crippen molar-refractivity contribution in [3.05, 3.63) is 52.4 Å². The van der Waals surface area contributed by atoms with Crippen LogP contribution >= 0.6 is 23.2 Å². The van der Waals surface area contributed by atoms with Crippen LogP contribution in [0.5, 0.6) is 0 Å². The summed E-state index contributed by atoms with van der Waals surface area (Å²) in [7, 11) is 0. The van der Waals surface area contributed by atoms with E-state index < -0.39 is 24.4 Å². The number of hydrogen-bond acceptors (Lipinski definition) is 5. The number of likely N-dealkylation sites (tertiary alicyclic amines) is 1. The second-order valence-electron chi connectivity index (χ2n) is 6.04. The molecule has 27 heavy (non-hydrogen) atoms. The fraction of sp³-hybridized carbons (Fsp3) is 0.278. The van der Waals surface area contributed by atoms with Gasteiger partial charge < -0.3 is 19.4 Å². The third kappa shape index (κ3) is 5.02. The molecule has 0 radical (unpaired) electrons. The molecule has 1 aromatic carbocycles. The summed E-state index contributed by atoms with van der Waals surface area (Å²) in [6.07, 6.45) is 1.57. The smallest absolute Gasteiger partial charge is 0.311 e. The number of nitrogens with zero attached hydrogens (tertiary/aromatic N) is 1. The molecule has 3 rings (SSSR count). The number of ether oxygens (including phenoxy) is 1. The Morgan fingerprint density at radius 1 is 1.26 bits per heavy atom. The first kappa shape index (κ1) is 19.3. The minimum atomic E-state index is -0.606. The number of carbonyl (C=O) groups excluding carboxylic acids is 3. The first-order valence-electron chi connectivity index (χ1n) is 8.14. The Morgan fingerprint density at radius 3 is 2.78 bits per heavy atom. The Balaban J connectivity index is 1.46. The molecule has 142 valence electrons. The van der Waals surface area contributed by atoms with E-state index in [0.29, 0.717) is 28.0 Å². The summed E-state index contributed by atoms with van der Waals surface area (Å²) in [5.41, 5.74) is 0.436. The third-order valence-corrected chi connectivity index (χ3v) is 4.76. The van der Waals surface area contributed by atoms with Gasteiger partial charge in [0.2, 0.25) is 5.91 Å². The van der Waals surface area contributed by atoms with Gasteiger partial charge in [0.1, 0.15) is 5.76 Å². The monoisotopic (exact) mass is 410 g/mol. The van der Waals surface area contributed by atoms with Crippen LogP contribution in [-0.2, 0) is 25.7 Å². The first-order chi connectivity index (χ1) is 12.9. The topological polar surface area (TPSA) is 88.9 Å². The Hall–Kier alpha value is -2.51. The maximum absolute atomic E-state index is 12.2. The average molecular weight is 411 g/mol. The zero-order valence-electron chi connectivity index (χ0n) is 14.1. The highest BCUT2D eigenvalue weighted by atomic mass is 35.5. The van der Waals surface area contributed by atoms with Crippen molar-refractivity contribution in [3.63, 3.8) is 0 Å². The quantitative estimate of drug-likeness (QED) is 0.738. The molecule has 2 amide bonds. The number of nitrogens with one attached hydrogen (secondary N) is 1. The SMILES string of the molecule is O=C(COC(=O)[C@@H]1CC(=O)N(Cc2ccco2)C1)Nc1ccc(Cl)c(Cl)c1. The van der Waals surface area contributed by atoms with Gasteiger partial charge in [0, 0.05) is 18.7 Å². The van der Waals surface area contributed by atoms with E-state index in [2.05, 4.69) is 5.32 Å². The normalized spacial score (nSPS) is 16.4. The first-order valence-corrected chi connectivity index (χ1v) is 8.89. The molecule has 1 saturated heterocycles. The van der Waals surface area contributed by atoms with E-state index in [0.717, 1.165) is 0 Å². The molecule has 1 N–H and O–H groups in total. The van der Waals surface area contributed by atoms with Gasteiger partial charge in [-0.3, -0.25) is 14.4 Å². The molecular formula is C18H16Cl2N2O5. The lowest BCUT2D eigenvalue weighted by Gasteiger charge is -2.14. The van der Waals surface area contributed by atoms with Gasteiger partial charge in [-0.15, -0.1) is 0 Å². The molecule has 0 bridgehead atoms. The number of anilines is 1. The summed E-state index contributed by atoms with van der Waals surface area (Å²) in [5, 5.41) is 3.22. The molecule has 7 nitrogen and oxygen atoms in total. The van der Waals surface area contributed by atoms with Crippen molar-refractivity contribution >= 4 is 46.7 Å². The second-order valence-corrected chi connectivity index (χ2v) is 6.85. The molecule has 2 heterocycles. The van der Waals surface area contributed by atoms with Crippen LogP contribution in [0.3, 0.4) is 0 Å². The van der Waals surface area contributed by atoms with Crippen LogP contribution in [0.1, 0.15) is 12.2 Å². The highest BCUT2D eigenvalue weighted by molar-refractivity contribution is 6.42. The lowest BCUT2D eigenvalue weighted by atomic mass is 10.1. The van der Waals surface area contributed by atoms with Gasteiger partial charge in [-0.25, -0.2) is 0 Å². The molecule has 0 aliphatic carbocycles. The Bertz CT molecular complexity index is 853. The van der Waals surface area contributed by atoms with Crippen molar-refractivity contribution in [1.82, 2.24) is 4.90 Å². The summed E-state index contributed by atoms with van der Waals surface area (Å²) < 4.78 is 10.2. The second kappa shape index (κ2) is 8.45. The Labute approximate surface area is 165 Å². The molecule has 1 aliphatic rings. The fourth-order valence-electron chi connectivity index (χ4n) is 2.70. The van der Waals surface area contributed by atoms with Crippen LogP contribution in [0, 0.1) is 5.92 Å². The zero-order chi connectivity index (χ0) is 19.4. The van der Waals surface area contributed by atoms with Gasteiger partial charge in [0.25, 0.3) is 5.91 Å². The van der Waals surface area contributed by atoms with Crippen molar-refractivity contribution < 1.29 is 23.5 Å². The van der Waals surface area contributed by atoms with E-state index >= 15 is 0 Å². The van der Waals surface area contributed by atoms with Crippen LogP contribution in [0.4, 0.5) is 5.69 Å². The molecule has 1 aromatic heterocycles. The zero-order valence-corrected chi connectivity index (χ0v) is 15.6. The highest BCUT2D eigenvalue weighted by Gasteiger charge is 2.35. The summed E-state index contributed by atoms with van der Waals surface area (Å²) >= 11 is 11.7. The van der Waals surface area contributed by atoms with E-state index in [1.54, 1.807) is 24.3 Å². The number of benzene rings is 1. The van der Waals surface area contributed by atoms with Crippen LogP contribution in [0.2, 0.25) is 10.0 Å². The Morgan fingerprint density at radius 2 is 2.07 bits per heavy atom. The van der Waals surface area contributed by atoms with Crippen LogP contribution in [-0.4, -0.2) is 35.8 Å². The minimum absolute atomic E-state index is 0.0496. The van der Waals surface area contributed by atoms with Crippen molar-refractivity contribution in [1.29, 1.82) is 0 Å². The number of furan rings is 1. The maximum Gasteiger partial charge on any atom is 0.311 e. The van der Waals surface area contributed by atoms with E-state index in [1.165, 1.54) is 17.2 Å². The van der Waals surface area contributed by atoms with Crippen LogP contribution < -0.4 is 5.32 Å². The van der Waals surface area contributed by atoms with Crippen molar-refractivity contribution in [2.45, 2.75) is 13.0 Å². The van der Waals surface area contributed by atoms with E-state index in [4.69, 9.17) is 32.4 Å². The number of amides is 2. The molecule has 9 heteroatoms. The van der Waals surface area contributed by atoms with Gasteiger partial charge >= 0.3 is 5.97 Å². The highest BCUT2D eigenvalue weighted by Crippen LogP contribution is 2.25. The maximum atomic E-state index is 12.2. The molecule has 0 saturated carbocycles. The summed E-state index contributed by atoms with van der Waals surface area (Å²) in [6.45, 7) is 0.0716. The van der Waals surface area contributed by atoms with Crippen molar-refractivity contribution in [3.8, 4) is 0 Å². The number of halogens is 2. The number of carbonyl (C=O) groups is 3. The van der Waals surface area contributed by atoms with Gasteiger partial charge in [-0.2, -0.15) is 0 Å². The van der Waals surface area contributed by atoms with Crippen molar-refractivity contribution in [2.24, 2.45) is 5.92 Å². The van der Waals surface area contributed by atoms with E-state index in [1.807, 2.05) is 0 Å². The van der Waals surface area contributed by atoms with Crippen LogP contribution in [0.25, 0.3) is 0 Å². The van der Waals surface area contributed by atoms with Crippen LogP contribution in [0.15, 0.2) is 41.0 Å². The standard InChI is InChI=1S/C18H16Cl2N2O5/c19-14-4-3-12(7-15(14)20)21-16(23)10-27-18(25)11-6-17(24)22(8-11)9-13-2-1-5-26-13/h1-5,7,11H,6,8-10H2,(H,21,23)/t11-/m1/s1. The molecule has 2 aromatic rings. The number of esters is 1. The minimum Gasteiger partial charge on any atom is -0.467 e. The summed E-state index contributed by atoms with van der Waals surface area (Å²) in [4.78, 5) is 37.6. The van der Waals surface area contributed by atoms with Gasteiger partial charge in [-0.05, 0) is 30.3 Å². The summed E-state index contributed by atoms with van der Waals surface area (Å²) in [6, 6.07) is 8.10. The number of hydrogen-bond donors (Lipinski definition) is 1. The molecule has 1 fully saturated rings. The fourth-order valence-corrected chi connectivity index (χ4v) is 3.00. The Kier molecular flexibility index (Phi) is 6.03. The molecule has 1 aliphatic heterocycles. The molecule has 0 unspecified atom stereocenters. The molecule has 0 spiro atoms. The van der Waals surface area contributed by atoms with Gasteiger partial charge in [0.15, 0.2) is 6.61 Å². The largest absolute Gasteiger partial charge is 0.467 e. The van der Waals surface area contributed by atoms with Crippen molar-refractivity contribution in [2.75, 3.05) is 18.5 Å². The number of rotatable bonds is 6. The lowest BCUT2D eigenvalue weighted by molar-refractivity contribution is -0.151. The summed E-state index contributed by atoms with van der Waals surface area (Å²) in [5.74, 6) is -1.23. The predicted octanol–water partition coefficient (Wildman–Crippen LogP) is 3.12. The predicted molar refractivity (Wildman–Crippen MR) is 98.3 cm³/mol. The molecular weight excluding hydrogens is 395 g/mol. The third-order valence-electron chi connectivity index (χ3n) is 4.02.